The molecule has 0 atom stereocenters. The number of piperidine rings is 2. The summed E-state index contributed by atoms with van der Waals surface area (Å²) in [7, 11) is 0. The van der Waals surface area contributed by atoms with Crippen molar-refractivity contribution in [3.63, 3.8) is 0 Å². The summed E-state index contributed by atoms with van der Waals surface area (Å²) in [5.41, 5.74) is 2.07. The number of carbonyl (C=O) groups is 1. The van der Waals surface area contributed by atoms with E-state index < -0.39 is 0 Å². The SMILES string of the molecule is O=C(NC1CCN(Cc2ccccc2)CC1)c1cccnc1N1CCCCC1. The molecule has 4 rings (SSSR count). The lowest BCUT2D eigenvalue weighted by molar-refractivity contribution is 0.0909. The number of likely N-dealkylation sites (tertiary alicyclic amines) is 1. The molecule has 2 saturated heterocycles. The standard InChI is InChI=1S/C23H30N4O/c28-23(21-10-7-13-24-22(21)27-14-5-2-6-15-27)25-20-11-16-26(17-12-20)18-19-8-3-1-4-9-19/h1,3-4,7-10,13,20H,2,5-6,11-12,14-18H2,(H,25,28). The van der Waals surface area contributed by atoms with Crippen LogP contribution in [0, 0.1) is 0 Å². The Balaban J connectivity index is 1.32. The van der Waals surface area contributed by atoms with Gasteiger partial charge in [0.1, 0.15) is 5.82 Å². The zero-order chi connectivity index (χ0) is 19.2. The maximum atomic E-state index is 13.0. The molecule has 0 spiro atoms. The summed E-state index contributed by atoms with van der Waals surface area (Å²) < 4.78 is 0. The van der Waals surface area contributed by atoms with Gasteiger partial charge in [-0.05, 0) is 49.8 Å². The summed E-state index contributed by atoms with van der Waals surface area (Å²) in [6.45, 7) is 5.02. The van der Waals surface area contributed by atoms with Gasteiger partial charge >= 0.3 is 0 Å². The molecular formula is C23H30N4O. The molecule has 148 valence electrons. The Bertz CT molecular complexity index is 765. The molecule has 0 radical (unpaired) electrons. The molecule has 2 fully saturated rings. The smallest absolute Gasteiger partial charge is 0.255 e. The van der Waals surface area contributed by atoms with E-state index in [-0.39, 0.29) is 11.9 Å². The Labute approximate surface area is 167 Å². The predicted octanol–water partition coefficient (Wildman–Crippen LogP) is 3.47. The maximum Gasteiger partial charge on any atom is 0.255 e. The first kappa shape index (κ1) is 18.9. The molecule has 2 aromatic rings. The van der Waals surface area contributed by atoms with Crippen LogP contribution in [0.4, 0.5) is 5.82 Å². The average molecular weight is 379 g/mol. The number of nitrogens with one attached hydrogen (secondary N) is 1. The lowest BCUT2D eigenvalue weighted by atomic mass is 10.0. The predicted molar refractivity (Wildman–Crippen MR) is 113 cm³/mol. The van der Waals surface area contributed by atoms with Gasteiger partial charge in [-0.3, -0.25) is 9.69 Å². The van der Waals surface area contributed by atoms with Gasteiger partial charge < -0.3 is 10.2 Å². The van der Waals surface area contributed by atoms with Gasteiger partial charge in [0.15, 0.2) is 0 Å². The molecule has 2 aliphatic heterocycles. The highest BCUT2D eigenvalue weighted by Crippen LogP contribution is 2.22. The second kappa shape index (κ2) is 9.20. The van der Waals surface area contributed by atoms with Crippen molar-refractivity contribution in [1.29, 1.82) is 0 Å². The van der Waals surface area contributed by atoms with Crippen LogP contribution < -0.4 is 10.2 Å². The number of rotatable bonds is 5. The quantitative estimate of drug-likeness (QED) is 0.866. The van der Waals surface area contributed by atoms with E-state index in [1.165, 1.54) is 24.8 Å². The van der Waals surface area contributed by atoms with Crippen LogP contribution in [-0.2, 0) is 6.54 Å². The first-order chi connectivity index (χ1) is 13.8. The van der Waals surface area contributed by atoms with E-state index in [9.17, 15) is 4.79 Å². The molecule has 5 heteroatoms. The minimum Gasteiger partial charge on any atom is -0.356 e. The van der Waals surface area contributed by atoms with Gasteiger partial charge in [0, 0.05) is 45.0 Å². The first-order valence-electron chi connectivity index (χ1n) is 10.6. The van der Waals surface area contributed by atoms with Crippen molar-refractivity contribution < 1.29 is 4.79 Å². The van der Waals surface area contributed by atoms with E-state index >= 15 is 0 Å². The molecule has 1 aromatic heterocycles. The van der Waals surface area contributed by atoms with Crippen LogP contribution in [0.3, 0.4) is 0 Å². The normalized spacial score (nSPS) is 18.8. The summed E-state index contributed by atoms with van der Waals surface area (Å²) in [4.78, 5) is 22.2. The fourth-order valence-corrected chi connectivity index (χ4v) is 4.27. The monoisotopic (exact) mass is 378 g/mol. The second-order valence-electron chi connectivity index (χ2n) is 7.93. The lowest BCUT2D eigenvalue weighted by Gasteiger charge is -2.33. The molecular weight excluding hydrogens is 348 g/mol. The first-order valence-corrected chi connectivity index (χ1v) is 10.6. The molecule has 1 amide bonds. The Kier molecular flexibility index (Phi) is 6.22. The number of hydrogen-bond donors (Lipinski definition) is 1. The van der Waals surface area contributed by atoms with Gasteiger partial charge in [-0.2, -0.15) is 0 Å². The minimum atomic E-state index is 0.0233. The number of nitrogens with zero attached hydrogens (tertiary/aromatic N) is 3. The van der Waals surface area contributed by atoms with Crippen molar-refractivity contribution in [3.8, 4) is 0 Å². The summed E-state index contributed by atoms with van der Waals surface area (Å²) in [6.07, 6.45) is 7.42. The van der Waals surface area contributed by atoms with Crippen LogP contribution in [0.5, 0.6) is 0 Å². The molecule has 0 aliphatic carbocycles. The van der Waals surface area contributed by atoms with Crippen molar-refractivity contribution in [2.24, 2.45) is 0 Å². The topological polar surface area (TPSA) is 48.5 Å². The maximum absolute atomic E-state index is 13.0. The summed E-state index contributed by atoms with van der Waals surface area (Å²) in [5.74, 6) is 0.872. The molecule has 3 heterocycles. The number of pyridine rings is 1. The lowest BCUT2D eigenvalue weighted by Crippen LogP contribution is -2.44. The van der Waals surface area contributed by atoms with Crippen LogP contribution >= 0.6 is 0 Å². The number of benzene rings is 1. The molecule has 2 aliphatic rings. The molecule has 28 heavy (non-hydrogen) atoms. The molecule has 1 N–H and O–H groups in total. The van der Waals surface area contributed by atoms with Gasteiger partial charge in [-0.15, -0.1) is 0 Å². The fourth-order valence-electron chi connectivity index (χ4n) is 4.27. The largest absolute Gasteiger partial charge is 0.356 e. The second-order valence-corrected chi connectivity index (χ2v) is 7.93. The van der Waals surface area contributed by atoms with E-state index in [0.717, 1.165) is 56.9 Å². The van der Waals surface area contributed by atoms with Crippen LogP contribution in [0.25, 0.3) is 0 Å². The highest BCUT2D eigenvalue weighted by molar-refractivity contribution is 5.99. The fraction of sp³-hybridized carbons (Fsp3) is 0.478. The van der Waals surface area contributed by atoms with Gasteiger partial charge in [-0.1, -0.05) is 30.3 Å². The minimum absolute atomic E-state index is 0.0233. The van der Waals surface area contributed by atoms with Crippen LogP contribution in [-0.4, -0.2) is 48.0 Å². The van der Waals surface area contributed by atoms with Crippen LogP contribution in [0.2, 0.25) is 0 Å². The van der Waals surface area contributed by atoms with Crippen molar-refractivity contribution >= 4 is 11.7 Å². The molecule has 0 unspecified atom stereocenters. The highest BCUT2D eigenvalue weighted by Gasteiger charge is 2.24. The molecule has 0 bridgehead atoms. The number of amides is 1. The number of carbonyl (C=O) groups excluding carboxylic acids is 1. The van der Waals surface area contributed by atoms with Crippen LogP contribution in [0.1, 0.15) is 48.0 Å². The molecule has 5 nitrogen and oxygen atoms in total. The van der Waals surface area contributed by atoms with Gasteiger partial charge in [-0.25, -0.2) is 4.98 Å². The third kappa shape index (κ3) is 4.71. The Morgan fingerprint density at radius 3 is 2.46 bits per heavy atom. The number of aromatic nitrogens is 1. The van der Waals surface area contributed by atoms with Gasteiger partial charge in [0.2, 0.25) is 0 Å². The number of anilines is 1. The number of hydrogen-bond acceptors (Lipinski definition) is 4. The van der Waals surface area contributed by atoms with Gasteiger partial charge in [0.25, 0.3) is 5.91 Å². The van der Waals surface area contributed by atoms with Crippen molar-refractivity contribution in [2.45, 2.75) is 44.7 Å². The Hall–Kier alpha value is -2.40. The van der Waals surface area contributed by atoms with Crippen molar-refractivity contribution in [2.75, 3.05) is 31.1 Å². The van der Waals surface area contributed by atoms with E-state index in [1.807, 2.05) is 12.1 Å². The van der Waals surface area contributed by atoms with E-state index in [2.05, 4.69) is 50.4 Å². The average Bonchev–Trinajstić information content (AvgIpc) is 2.76. The molecule has 1 aromatic carbocycles. The third-order valence-corrected chi connectivity index (χ3v) is 5.86. The zero-order valence-electron chi connectivity index (χ0n) is 16.5. The van der Waals surface area contributed by atoms with E-state index in [0.29, 0.717) is 0 Å². The highest BCUT2D eigenvalue weighted by atomic mass is 16.1. The third-order valence-electron chi connectivity index (χ3n) is 5.86. The zero-order valence-corrected chi connectivity index (χ0v) is 16.5. The van der Waals surface area contributed by atoms with E-state index in [1.54, 1.807) is 6.20 Å². The van der Waals surface area contributed by atoms with Crippen LogP contribution in [0.15, 0.2) is 48.7 Å². The Morgan fingerprint density at radius 1 is 0.964 bits per heavy atom. The van der Waals surface area contributed by atoms with E-state index in [4.69, 9.17) is 0 Å². The summed E-state index contributed by atoms with van der Waals surface area (Å²) >= 11 is 0. The molecule has 0 saturated carbocycles. The van der Waals surface area contributed by atoms with Crippen molar-refractivity contribution in [1.82, 2.24) is 15.2 Å². The Morgan fingerprint density at radius 2 is 1.71 bits per heavy atom. The summed E-state index contributed by atoms with van der Waals surface area (Å²) in [6, 6.07) is 14.6. The van der Waals surface area contributed by atoms with Crippen molar-refractivity contribution in [3.05, 3.63) is 59.8 Å². The van der Waals surface area contributed by atoms with Gasteiger partial charge in [0.05, 0.1) is 5.56 Å². The summed E-state index contributed by atoms with van der Waals surface area (Å²) in [5, 5.41) is 3.27.